The minimum Gasteiger partial charge on any atom is -0.465 e. The minimum atomic E-state index is 0.769. The van der Waals surface area contributed by atoms with Crippen LogP contribution >= 0.6 is 0 Å². The van der Waals surface area contributed by atoms with Crippen LogP contribution < -0.4 is 9.47 Å². The van der Waals surface area contributed by atoms with E-state index >= 15 is 0 Å². The lowest BCUT2D eigenvalue weighted by Crippen LogP contribution is -1.84. The third kappa shape index (κ3) is 3.35. The number of benzene rings is 1. The predicted molar refractivity (Wildman–Crippen MR) is 57.3 cm³/mol. The first kappa shape index (κ1) is 10.4. The highest BCUT2D eigenvalue weighted by atomic mass is 16.5. The molecular formula is C12H14O2. The molecule has 0 amide bonds. The largest absolute Gasteiger partial charge is 0.465 e. The van der Waals surface area contributed by atoms with E-state index in [0.29, 0.717) is 0 Å². The van der Waals surface area contributed by atoms with E-state index in [1.165, 1.54) is 0 Å². The molecule has 0 atom stereocenters. The molecule has 0 aliphatic heterocycles. The van der Waals surface area contributed by atoms with Gasteiger partial charge in [-0.1, -0.05) is 18.2 Å². The number of ether oxygens (including phenoxy) is 2. The van der Waals surface area contributed by atoms with Crippen molar-refractivity contribution in [3.63, 3.8) is 0 Å². The van der Waals surface area contributed by atoms with Crippen LogP contribution in [0, 0.1) is 0 Å². The summed E-state index contributed by atoms with van der Waals surface area (Å²) in [6.45, 7) is 3.81. The summed E-state index contributed by atoms with van der Waals surface area (Å²) in [4.78, 5) is 0. The Morgan fingerprint density at radius 3 is 1.86 bits per heavy atom. The van der Waals surface area contributed by atoms with Crippen molar-refractivity contribution in [3.8, 4) is 11.5 Å². The summed E-state index contributed by atoms with van der Waals surface area (Å²) in [5, 5.41) is 0. The molecule has 74 valence electrons. The molecule has 0 radical (unpaired) electrons. The van der Waals surface area contributed by atoms with Crippen molar-refractivity contribution >= 4 is 0 Å². The molecule has 14 heavy (non-hydrogen) atoms. The predicted octanol–water partition coefficient (Wildman–Crippen LogP) is 3.51. The Labute approximate surface area is 84.5 Å². The second-order valence-electron chi connectivity index (χ2n) is 2.65. The quantitative estimate of drug-likeness (QED) is 0.676. The third-order valence-corrected chi connectivity index (χ3v) is 1.49. The molecule has 2 heteroatoms. The summed E-state index contributed by atoms with van der Waals surface area (Å²) in [6, 6.07) is 7.47. The van der Waals surface area contributed by atoms with Crippen LogP contribution in [0.2, 0.25) is 0 Å². The van der Waals surface area contributed by atoms with Gasteiger partial charge in [-0.3, -0.25) is 0 Å². The van der Waals surface area contributed by atoms with Gasteiger partial charge >= 0.3 is 0 Å². The van der Waals surface area contributed by atoms with Crippen molar-refractivity contribution in [2.75, 3.05) is 0 Å². The highest BCUT2D eigenvalue weighted by molar-refractivity contribution is 5.33. The van der Waals surface area contributed by atoms with Crippen LogP contribution in [-0.2, 0) is 0 Å². The first-order chi connectivity index (χ1) is 6.86. The maximum atomic E-state index is 5.29. The van der Waals surface area contributed by atoms with Crippen LogP contribution in [0.1, 0.15) is 13.8 Å². The van der Waals surface area contributed by atoms with E-state index in [2.05, 4.69) is 0 Å². The zero-order valence-electron chi connectivity index (χ0n) is 8.44. The van der Waals surface area contributed by atoms with Crippen LogP contribution in [-0.4, -0.2) is 0 Å². The molecule has 0 N–H and O–H groups in total. The van der Waals surface area contributed by atoms with E-state index in [4.69, 9.17) is 9.47 Å². The van der Waals surface area contributed by atoms with Gasteiger partial charge in [-0.05, 0) is 26.0 Å². The van der Waals surface area contributed by atoms with Crippen molar-refractivity contribution < 1.29 is 9.47 Å². The Morgan fingerprint density at radius 1 is 0.929 bits per heavy atom. The van der Waals surface area contributed by atoms with E-state index in [9.17, 15) is 0 Å². The van der Waals surface area contributed by atoms with E-state index in [1.54, 1.807) is 12.5 Å². The van der Waals surface area contributed by atoms with Gasteiger partial charge in [-0.15, -0.1) is 0 Å². The molecule has 0 saturated heterocycles. The Morgan fingerprint density at radius 2 is 1.43 bits per heavy atom. The van der Waals surface area contributed by atoms with Crippen molar-refractivity contribution in [2.45, 2.75) is 13.8 Å². The molecule has 0 spiro atoms. The molecule has 0 heterocycles. The summed E-state index contributed by atoms with van der Waals surface area (Å²) in [5.41, 5.74) is 0. The van der Waals surface area contributed by atoms with E-state index in [-0.39, 0.29) is 0 Å². The maximum Gasteiger partial charge on any atom is 0.130 e. The zero-order chi connectivity index (χ0) is 10.2. The van der Waals surface area contributed by atoms with Crippen molar-refractivity contribution in [2.24, 2.45) is 0 Å². The summed E-state index contributed by atoms with van der Waals surface area (Å²) in [6.07, 6.45) is 6.93. The van der Waals surface area contributed by atoms with Crippen molar-refractivity contribution in [1.82, 2.24) is 0 Å². The Bertz CT molecular complexity index is 298. The summed E-state index contributed by atoms with van der Waals surface area (Å²) < 4.78 is 10.6. The second-order valence-corrected chi connectivity index (χ2v) is 2.65. The molecule has 0 unspecified atom stereocenters. The van der Waals surface area contributed by atoms with E-state index < -0.39 is 0 Å². The van der Waals surface area contributed by atoms with Gasteiger partial charge in [0.2, 0.25) is 0 Å². The van der Waals surface area contributed by atoms with Gasteiger partial charge in [-0.25, -0.2) is 0 Å². The highest BCUT2D eigenvalue weighted by Crippen LogP contribution is 2.19. The number of allylic oxidation sites excluding steroid dienone is 2. The van der Waals surface area contributed by atoms with Crippen LogP contribution in [0.3, 0.4) is 0 Å². The zero-order valence-corrected chi connectivity index (χ0v) is 8.44. The van der Waals surface area contributed by atoms with Gasteiger partial charge in [0.1, 0.15) is 11.5 Å². The van der Waals surface area contributed by atoms with Gasteiger partial charge < -0.3 is 9.47 Å². The molecule has 0 saturated carbocycles. The lowest BCUT2D eigenvalue weighted by molar-refractivity contribution is 0.458. The van der Waals surface area contributed by atoms with Gasteiger partial charge in [0, 0.05) is 6.07 Å². The molecule has 1 aromatic rings. The number of hydrogen-bond acceptors (Lipinski definition) is 2. The fourth-order valence-electron chi connectivity index (χ4n) is 0.914. The van der Waals surface area contributed by atoms with Crippen LogP contribution in [0.25, 0.3) is 0 Å². The molecule has 0 aromatic heterocycles. The molecule has 0 aliphatic rings. The maximum absolute atomic E-state index is 5.29. The minimum absolute atomic E-state index is 0.769. The monoisotopic (exact) mass is 190 g/mol. The van der Waals surface area contributed by atoms with Crippen LogP contribution in [0.15, 0.2) is 48.9 Å². The first-order valence-corrected chi connectivity index (χ1v) is 4.52. The number of rotatable bonds is 4. The summed E-state index contributed by atoms with van der Waals surface area (Å²) in [7, 11) is 0. The Kier molecular flexibility index (Phi) is 4.35. The van der Waals surface area contributed by atoms with Crippen molar-refractivity contribution in [3.05, 3.63) is 48.9 Å². The molecular weight excluding hydrogens is 176 g/mol. The lowest BCUT2D eigenvalue weighted by Gasteiger charge is -2.02. The fraction of sp³-hybridized carbons (Fsp3) is 0.167. The Balaban J connectivity index is 2.68. The molecule has 0 aliphatic carbocycles. The van der Waals surface area contributed by atoms with E-state index in [1.807, 2.05) is 50.3 Å². The van der Waals surface area contributed by atoms with Crippen molar-refractivity contribution in [1.29, 1.82) is 0 Å². The summed E-state index contributed by atoms with van der Waals surface area (Å²) >= 11 is 0. The van der Waals surface area contributed by atoms with Gasteiger partial charge in [0.25, 0.3) is 0 Å². The standard InChI is InChI=1S/C12H14O2/c1-3-8-13-11-6-5-7-12(10-11)14-9-4-2/h3-10H,1-2H3. The van der Waals surface area contributed by atoms with Gasteiger partial charge in [0.05, 0.1) is 12.5 Å². The highest BCUT2D eigenvalue weighted by Gasteiger charge is 1.94. The Hall–Kier alpha value is -1.70. The molecule has 2 nitrogen and oxygen atoms in total. The SMILES string of the molecule is CC=COc1cccc(OC=CC)c1. The van der Waals surface area contributed by atoms with Crippen LogP contribution in [0.4, 0.5) is 0 Å². The smallest absolute Gasteiger partial charge is 0.130 e. The molecule has 0 fully saturated rings. The fourth-order valence-corrected chi connectivity index (χ4v) is 0.914. The first-order valence-electron chi connectivity index (χ1n) is 4.52. The van der Waals surface area contributed by atoms with E-state index in [0.717, 1.165) is 11.5 Å². The normalized spacial score (nSPS) is 11.0. The topological polar surface area (TPSA) is 18.5 Å². The lowest BCUT2D eigenvalue weighted by atomic mass is 10.3. The molecule has 1 rings (SSSR count). The number of hydrogen-bond donors (Lipinski definition) is 0. The third-order valence-electron chi connectivity index (χ3n) is 1.49. The summed E-state index contributed by atoms with van der Waals surface area (Å²) in [5.74, 6) is 1.54. The van der Waals surface area contributed by atoms with Crippen LogP contribution in [0.5, 0.6) is 11.5 Å². The molecule has 1 aromatic carbocycles. The average molecular weight is 190 g/mol. The van der Waals surface area contributed by atoms with Gasteiger partial charge in [0.15, 0.2) is 0 Å². The van der Waals surface area contributed by atoms with Gasteiger partial charge in [-0.2, -0.15) is 0 Å². The average Bonchev–Trinajstić information content (AvgIpc) is 2.24. The second kappa shape index (κ2) is 5.86. The molecule has 0 bridgehead atoms.